The quantitative estimate of drug-likeness (QED) is 0.817. The molecule has 116 valence electrons. The van der Waals surface area contributed by atoms with Gasteiger partial charge in [0.05, 0.1) is 5.56 Å². The molecule has 1 saturated heterocycles. The van der Waals surface area contributed by atoms with Crippen LogP contribution in [0.25, 0.3) is 0 Å². The summed E-state index contributed by atoms with van der Waals surface area (Å²) in [5.41, 5.74) is 5.26. The van der Waals surface area contributed by atoms with Gasteiger partial charge < -0.3 is 10.6 Å². The van der Waals surface area contributed by atoms with Crippen molar-refractivity contribution >= 4 is 11.4 Å². The summed E-state index contributed by atoms with van der Waals surface area (Å²) in [6.45, 7) is 0.850. The molecule has 1 aliphatic heterocycles. The average molecular weight is 298 g/mol. The molecule has 1 saturated carbocycles. The first-order chi connectivity index (χ1) is 9.97. The number of nitrogens with two attached hydrogens (primary N) is 1. The van der Waals surface area contributed by atoms with Crippen molar-refractivity contribution in [1.82, 2.24) is 0 Å². The molecule has 1 aliphatic carbocycles. The van der Waals surface area contributed by atoms with E-state index >= 15 is 0 Å². The van der Waals surface area contributed by atoms with Crippen LogP contribution in [0.1, 0.15) is 44.1 Å². The van der Waals surface area contributed by atoms with Crippen LogP contribution in [0.5, 0.6) is 0 Å². The van der Waals surface area contributed by atoms with E-state index in [1.165, 1.54) is 37.8 Å². The molecule has 1 atom stereocenters. The Morgan fingerprint density at radius 2 is 1.76 bits per heavy atom. The summed E-state index contributed by atoms with van der Waals surface area (Å²) >= 11 is 0. The van der Waals surface area contributed by atoms with Gasteiger partial charge in [-0.25, -0.2) is 0 Å². The first-order valence-corrected chi connectivity index (χ1v) is 7.70. The highest BCUT2D eigenvalue weighted by molar-refractivity contribution is 5.60. The molecule has 2 aliphatic rings. The molecular formula is C16H21F3N2. The van der Waals surface area contributed by atoms with Crippen LogP contribution >= 0.6 is 0 Å². The predicted octanol–water partition coefficient (Wildman–Crippen LogP) is 4.45. The van der Waals surface area contributed by atoms with E-state index in [9.17, 15) is 13.2 Å². The monoisotopic (exact) mass is 298 g/mol. The Kier molecular flexibility index (Phi) is 3.76. The van der Waals surface area contributed by atoms with E-state index in [-0.39, 0.29) is 5.69 Å². The SMILES string of the molecule is Nc1ccc(N2CCCC2C2CCCC2)cc1C(F)(F)F. The van der Waals surface area contributed by atoms with Crippen molar-refractivity contribution in [3.8, 4) is 0 Å². The van der Waals surface area contributed by atoms with Crippen molar-refractivity contribution in [2.45, 2.75) is 50.7 Å². The summed E-state index contributed by atoms with van der Waals surface area (Å²) < 4.78 is 39.0. The Labute approximate surface area is 123 Å². The summed E-state index contributed by atoms with van der Waals surface area (Å²) in [4.78, 5) is 2.17. The molecule has 0 radical (unpaired) electrons. The molecule has 1 heterocycles. The van der Waals surface area contributed by atoms with Crippen molar-refractivity contribution in [3.63, 3.8) is 0 Å². The fourth-order valence-corrected chi connectivity index (χ4v) is 3.91. The molecule has 0 spiro atoms. The number of halogens is 3. The van der Waals surface area contributed by atoms with Crippen LogP contribution in [0.4, 0.5) is 24.5 Å². The van der Waals surface area contributed by atoms with Crippen molar-refractivity contribution in [2.75, 3.05) is 17.2 Å². The highest BCUT2D eigenvalue weighted by atomic mass is 19.4. The zero-order chi connectivity index (χ0) is 15.0. The standard InChI is InChI=1S/C16H21F3N2/c17-16(18,19)13-10-12(7-8-14(13)20)21-9-3-6-15(21)11-4-1-2-5-11/h7-8,10-11,15H,1-6,9,20H2. The lowest BCUT2D eigenvalue weighted by molar-refractivity contribution is -0.136. The van der Waals surface area contributed by atoms with Crippen molar-refractivity contribution < 1.29 is 13.2 Å². The van der Waals surface area contributed by atoms with Gasteiger partial charge in [-0.15, -0.1) is 0 Å². The second kappa shape index (κ2) is 5.43. The van der Waals surface area contributed by atoms with Crippen LogP contribution in [-0.2, 0) is 6.18 Å². The lowest BCUT2D eigenvalue weighted by Crippen LogP contribution is -2.34. The molecule has 2 N–H and O–H groups in total. The number of nitrogen functional groups attached to an aromatic ring is 1. The summed E-state index contributed by atoms with van der Waals surface area (Å²) in [5.74, 6) is 0.638. The fourth-order valence-electron chi connectivity index (χ4n) is 3.91. The first-order valence-electron chi connectivity index (χ1n) is 7.70. The minimum Gasteiger partial charge on any atom is -0.398 e. The summed E-state index contributed by atoms with van der Waals surface area (Å²) in [5, 5.41) is 0. The van der Waals surface area contributed by atoms with E-state index in [1.807, 2.05) is 0 Å². The second-order valence-electron chi connectivity index (χ2n) is 6.22. The van der Waals surface area contributed by atoms with E-state index in [0.29, 0.717) is 17.6 Å². The van der Waals surface area contributed by atoms with Crippen LogP contribution in [0.2, 0.25) is 0 Å². The third kappa shape index (κ3) is 2.83. The smallest absolute Gasteiger partial charge is 0.398 e. The van der Waals surface area contributed by atoms with Gasteiger partial charge in [-0.1, -0.05) is 12.8 Å². The molecule has 5 heteroatoms. The number of nitrogens with zero attached hydrogens (tertiary/aromatic N) is 1. The Morgan fingerprint density at radius 3 is 2.43 bits per heavy atom. The lowest BCUT2D eigenvalue weighted by atomic mass is 9.95. The van der Waals surface area contributed by atoms with Gasteiger partial charge in [0, 0.05) is 24.0 Å². The summed E-state index contributed by atoms with van der Waals surface area (Å²) in [6.07, 6.45) is 2.70. The summed E-state index contributed by atoms with van der Waals surface area (Å²) in [6, 6.07) is 4.75. The normalized spacial score (nSPS) is 24.0. The van der Waals surface area contributed by atoms with Crippen molar-refractivity contribution in [1.29, 1.82) is 0 Å². The molecule has 0 amide bonds. The number of rotatable bonds is 2. The maximum Gasteiger partial charge on any atom is 0.418 e. The van der Waals surface area contributed by atoms with E-state index in [0.717, 1.165) is 19.4 Å². The van der Waals surface area contributed by atoms with Gasteiger partial charge in [-0.05, 0) is 49.8 Å². The molecule has 0 bridgehead atoms. The topological polar surface area (TPSA) is 29.3 Å². The Hall–Kier alpha value is -1.39. The minimum atomic E-state index is -4.39. The molecule has 2 fully saturated rings. The zero-order valence-corrected chi connectivity index (χ0v) is 12.0. The van der Waals surface area contributed by atoms with Gasteiger partial charge in [-0.3, -0.25) is 0 Å². The van der Waals surface area contributed by atoms with Gasteiger partial charge in [-0.2, -0.15) is 13.2 Å². The highest BCUT2D eigenvalue weighted by Crippen LogP contribution is 2.40. The largest absolute Gasteiger partial charge is 0.418 e. The Bertz CT molecular complexity index is 507. The van der Waals surface area contributed by atoms with Crippen molar-refractivity contribution in [2.24, 2.45) is 5.92 Å². The van der Waals surface area contributed by atoms with Gasteiger partial charge in [0.15, 0.2) is 0 Å². The predicted molar refractivity (Wildman–Crippen MR) is 78.2 cm³/mol. The third-order valence-electron chi connectivity index (χ3n) is 4.92. The molecule has 1 unspecified atom stereocenters. The maximum atomic E-state index is 13.0. The van der Waals surface area contributed by atoms with Crippen LogP contribution < -0.4 is 10.6 Å². The molecule has 3 rings (SSSR count). The summed E-state index contributed by atoms with van der Waals surface area (Å²) in [7, 11) is 0. The highest BCUT2D eigenvalue weighted by Gasteiger charge is 2.36. The van der Waals surface area contributed by atoms with Gasteiger partial charge in [0.1, 0.15) is 0 Å². The number of alkyl halides is 3. The molecular weight excluding hydrogens is 277 g/mol. The van der Waals surface area contributed by atoms with E-state index in [1.54, 1.807) is 6.07 Å². The first kappa shape index (κ1) is 14.5. The second-order valence-corrected chi connectivity index (χ2v) is 6.22. The number of anilines is 2. The maximum absolute atomic E-state index is 13.0. The molecule has 1 aromatic carbocycles. The van der Waals surface area contributed by atoms with Crippen LogP contribution in [0.3, 0.4) is 0 Å². The van der Waals surface area contributed by atoms with E-state index < -0.39 is 11.7 Å². The Morgan fingerprint density at radius 1 is 1.05 bits per heavy atom. The van der Waals surface area contributed by atoms with Crippen LogP contribution in [-0.4, -0.2) is 12.6 Å². The van der Waals surface area contributed by atoms with E-state index in [4.69, 9.17) is 5.73 Å². The van der Waals surface area contributed by atoms with Gasteiger partial charge in [0.25, 0.3) is 0 Å². The number of benzene rings is 1. The molecule has 0 aromatic heterocycles. The average Bonchev–Trinajstić information content (AvgIpc) is 3.08. The number of hydrogen-bond donors (Lipinski definition) is 1. The zero-order valence-electron chi connectivity index (χ0n) is 12.0. The minimum absolute atomic E-state index is 0.192. The lowest BCUT2D eigenvalue weighted by Gasteiger charge is -2.32. The van der Waals surface area contributed by atoms with Gasteiger partial charge >= 0.3 is 6.18 Å². The molecule has 2 nitrogen and oxygen atoms in total. The fraction of sp³-hybridized carbons (Fsp3) is 0.625. The van der Waals surface area contributed by atoms with E-state index in [2.05, 4.69) is 4.90 Å². The van der Waals surface area contributed by atoms with Crippen LogP contribution in [0.15, 0.2) is 18.2 Å². The van der Waals surface area contributed by atoms with Crippen molar-refractivity contribution in [3.05, 3.63) is 23.8 Å². The number of hydrogen-bond acceptors (Lipinski definition) is 2. The third-order valence-corrected chi connectivity index (χ3v) is 4.92. The van der Waals surface area contributed by atoms with Crippen LogP contribution in [0, 0.1) is 5.92 Å². The molecule has 1 aromatic rings. The Balaban J connectivity index is 1.88. The molecule has 21 heavy (non-hydrogen) atoms. The van der Waals surface area contributed by atoms with Gasteiger partial charge in [0.2, 0.25) is 0 Å².